The molecule has 94 valence electrons. The van der Waals surface area contributed by atoms with E-state index in [-0.39, 0.29) is 0 Å². The fraction of sp³-hybridized carbons (Fsp3) is 0.692. The van der Waals surface area contributed by atoms with Crippen LogP contribution in [0.1, 0.15) is 38.2 Å². The van der Waals surface area contributed by atoms with E-state index in [4.69, 9.17) is 0 Å². The van der Waals surface area contributed by atoms with Crippen LogP contribution < -0.4 is 10.6 Å². The Bertz CT molecular complexity index is 385. The third-order valence-electron chi connectivity index (χ3n) is 3.56. The van der Waals surface area contributed by atoms with Gasteiger partial charge in [-0.15, -0.1) is 0 Å². The molecule has 0 unspecified atom stereocenters. The molecule has 1 saturated carbocycles. The van der Waals surface area contributed by atoms with Gasteiger partial charge in [0.05, 0.1) is 0 Å². The summed E-state index contributed by atoms with van der Waals surface area (Å²) in [5.41, 5.74) is 1.66. The number of aryl methyl sites for hydroxylation is 1. The summed E-state index contributed by atoms with van der Waals surface area (Å²) in [6.45, 7) is 5.35. The molecule has 1 heterocycles. The highest BCUT2D eigenvalue weighted by Crippen LogP contribution is 2.49. The Kier molecular flexibility index (Phi) is 3.50. The van der Waals surface area contributed by atoms with Gasteiger partial charge in [-0.2, -0.15) is 4.98 Å². The molecule has 0 amide bonds. The number of aromatic nitrogens is 2. The average Bonchev–Trinajstić information content (AvgIpc) is 3.09. The van der Waals surface area contributed by atoms with Crippen LogP contribution in [-0.2, 0) is 0 Å². The summed E-state index contributed by atoms with van der Waals surface area (Å²) in [5, 5.41) is 6.45. The van der Waals surface area contributed by atoms with Gasteiger partial charge in [-0.05, 0) is 31.6 Å². The van der Waals surface area contributed by atoms with Crippen LogP contribution >= 0.6 is 0 Å². The number of hydrogen-bond acceptors (Lipinski definition) is 4. The molecule has 2 N–H and O–H groups in total. The van der Waals surface area contributed by atoms with Gasteiger partial charge in [0, 0.05) is 25.4 Å². The maximum Gasteiger partial charge on any atom is 0.224 e. The zero-order valence-corrected chi connectivity index (χ0v) is 11.0. The highest BCUT2D eigenvalue weighted by Gasteiger charge is 2.41. The van der Waals surface area contributed by atoms with Gasteiger partial charge < -0.3 is 10.6 Å². The fourth-order valence-electron chi connectivity index (χ4n) is 2.23. The number of hydrogen-bond donors (Lipinski definition) is 2. The molecular weight excluding hydrogens is 212 g/mol. The Morgan fingerprint density at radius 1 is 1.41 bits per heavy atom. The second kappa shape index (κ2) is 4.90. The molecule has 1 fully saturated rings. The summed E-state index contributed by atoms with van der Waals surface area (Å²) in [7, 11) is 1.84. The van der Waals surface area contributed by atoms with Crippen molar-refractivity contribution in [2.45, 2.75) is 39.5 Å². The molecule has 1 aliphatic rings. The summed E-state index contributed by atoms with van der Waals surface area (Å²) in [6, 6.07) is 0. The standard InChI is InChI=1S/C13H22N4/c1-4-5-13(6-7-13)9-16-11-10(2)8-15-12(14-3)17-11/h8H,4-7,9H2,1-3H3,(H2,14,15,16,17). The minimum atomic E-state index is 0.548. The Labute approximate surface area is 103 Å². The van der Waals surface area contributed by atoms with Crippen molar-refractivity contribution in [1.82, 2.24) is 9.97 Å². The smallest absolute Gasteiger partial charge is 0.224 e. The molecule has 17 heavy (non-hydrogen) atoms. The third-order valence-corrected chi connectivity index (χ3v) is 3.56. The lowest BCUT2D eigenvalue weighted by Crippen LogP contribution is -2.17. The molecule has 0 spiro atoms. The van der Waals surface area contributed by atoms with E-state index in [1.165, 1.54) is 25.7 Å². The zero-order chi connectivity index (χ0) is 12.3. The number of anilines is 2. The van der Waals surface area contributed by atoms with E-state index in [1.54, 1.807) is 0 Å². The molecule has 4 heteroatoms. The van der Waals surface area contributed by atoms with Crippen LogP contribution in [0, 0.1) is 12.3 Å². The first-order valence-corrected chi connectivity index (χ1v) is 6.44. The Morgan fingerprint density at radius 3 is 2.76 bits per heavy atom. The lowest BCUT2D eigenvalue weighted by molar-refractivity contribution is 0.485. The second-order valence-corrected chi connectivity index (χ2v) is 5.08. The van der Waals surface area contributed by atoms with Gasteiger partial charge in [0.2, 0.25) is 5.95 Å². The van der Waals surface area contributed by atoms with E-state index >= 15 is 0 Å². The van der Waals surface area contributed by atoms with Crippen molar-refractivity contribution in [3.63, 3.8) is 0 Å². The van der Waals surface area contributed by atoms with Crippen LogP contribution in [0.15, 0.2) is 6.20 Å². The minimum Gasteiger partial charge on any atom is -0.369 e. The van der Waals surface area contributed by atoms with Crippen LogP contribution in [0.2, 0.25) is 0 Å². The molecular formula is C13H22N4. The molecule has 4 nitrogen and oxygen atoms in total. The van der Waals surface area contributed by atoms with Gasteiger partial charge in [0.15, 0.2) is 0 Å². The normalized spacial score (nSPS) is 16.6. The molecule has 1 aromatic rings. The van der Waals surface area contributed by atoms with E-state index in [0.29, 0.717) is 11.4 Å². The van der Waals surface area contributed by atoms with Gasteiger partial charge in [-0.3, -0.25) is 0 Å². The van der Waals surface area contributed by atoms with Crippen molar-refractivity contribution in [3.05, 3.63) is 11.8 Å². The van der Waals surface area contributed by atoms with Crippen LogP contribution in [0.5, 0.6) is 0 Å². The minimum absolute atomic E-state index is 0.548. The van der Waals surface area contributed by atoms with Crippen LogP contribution in [0.3, 0.4) is 0 Å². The third kappa shape index (κ3) is 2.87. The van der Waals surface area contributed by atoms with Gasteiger partial charge in [-0.25, -0.2) is 4.98 Å². The van der Waals surface area contributed by atoms with E-state index in [0.717, 1.165) is 17.9 Å². The maximum absolute atomic E-state index is 4.45. The van der Waals surface area contributed by atoms with E-state index in [2.05, 4.69) is 27.5 Å². The van der Waals surface area contributed by atoms with Crippen molar-refractivity contribution in [3.8, 4) is 0 Å². The summed E-state index contributed by atoms with van der Waals surface area (Å²) in [6.07, 6.45) is 7.17. The largest absolute Gasteiger partial charge is 0.369 e. The predicted molar refractivity (Wildman–Crippen MR) is 71.4 cm³/mol. The van der Waals surface area contributed by atoms with Crippen LogP contribution in [0.4, 0.5) is 11.8 Å². The van der Waals surface area contributed by atoms with Crippen molar-refractivity contribution < 1.29 is 0 Å². The molecule has 0 aliphatic heterocycles. The SMILES string of the molecule is CCCC1(CNc2nc(NC)ncc2C)CC1. The number of nitrogens with one attached hydrogen (secondary N) is 2. The first-order valence-electron chi connectivity index (χ1n) is 6.44. The summed E-state index contributed by atoms with van der Waals surface area (Å²) in [5.74, 6) is 1.64. The lowest BCUT2D eigenvalue weighted by atomic mass is 10.0. The summed E-state index contributed by atoms with van der Waals surface area (Å²) in [4.78, 5) is 8.64. The number of nitrogens with zero attached hydrogens (tertiary/aromatic N) is 2. The summed E-state index contributed by atoms with van der Waals surface area (Å²) >= 11 is 0. The molecule has 0 aromatic carbocycles. The molecule has 0 radical (unpaired) electrons. The van der Waals surface area contributed by atoms with Crippen molar-refractivity contribution >= 4 is 11.8 Å². The fourth-order valence-corrected chi connectivity index (χ4v) is 2.23. The molecule has 1 aliphatic carbocycles. The quantitative estimate of drug-likeness (QED) is 0.794. The molecule has 0 saturated heterocycles. The highest BCUT2D eigenvalue weighted by molar-refractivity contribution is 5.46. The average molecular weight is 234 g/mol. The Hall–Kier alpha value is -1.32. The van der Waals surface area contributed by atoms with E-state index in [9.17, 15) is 0 Å². The van der Waals surface area contributed by atoms with Crippen molar-refractivity contribution in [1.29, 1.82) is 0 Å². The molecule has 0 bridgehead atoms. The van der Waals surface area contributed by atoms with Crippen LogP contribution in [0.25, 0.3) is 0 Å². The number of rotatable bonds is 6. The first-order chi connectivity index (χ1) is 8.19. The predicted octanol–water partition coefficient (Wildman–Crippen LogP) is 2.82. The van der Waals surface area contributed by atoms with Gasteiger partial charge in [0.25, 0.3) is 0 Å². The maximum atomic E-state index is 4.45. The molecule has 1 aromatic heterocycles. The van der Waals surface area contributed by atoms with Gasteiger partial charge in [-0.1, -0.05) is 13.3 Å². The highest BCUT2D eigenvalue weighted by atomic mass is 15.1. The van der Waals surface area contributed by atoms with Crippen molar-refractivity contribution in [2.75, 3.05) is 24.2 Å². The lowest BCUT2D eigenvalue weighted by Gasteiger charge is -2.16. The monoisotopic (exact) mass is 234 g/mol. The van der Waals surface area contributed by atoms with Crippen molar-refractivity contribution in [2.24, 2.45) is 5.41 Å². The molecule has 2 rings (SSSR count). The van der Waals surface area contributed by atoms with Gasteiger partial charge >= 0.3 is 0 Å². The first kappa shape index (κ1) is 12.1. The zero-order valence-electron chi connectivity index (χ0n) is 11.0. The Morgan fingerprint density at radius 2 is 2.18 bits per heavy atom. The topological polar surface area (TPSA) is 49.8 Å². The van der Waals surface area contributed by atoms with Gasteiger partial charge in [0.1, 0.15) is 5.82 Å². The van der Waals surface area contributed by atoms with E-state index in [1.807, 2.05) is 20.2 Å². The second-order valence-electron chi connectivity index (χ2n) is 5.08. The van der Waals surface area contributed by atoms with E-state index < -0.39 is 0 Å². The molecule has 0 atom stereocenters. The van der Waals surface area contributed by atoms with Crippen LogP contribution in [-0.4, -0.2) is 23.6 Å². The summed E-state index contributed by atoms with van der Waals surface area (Å²) < 4.78 is 0. The Balaban J connectivity index is 1.98.